The molecule has 134 valence electrons. The molecule has 7 nitrogen and oxygen atoms in total. The molecule has 1 aliphatic carbocycles. The molecule has 0 radical (unpaired) electrons. The minimum Gasteiger partial charge on any atom is -0.454 e. The number of esters is 1. The third kappa shape index (κ3) is 3.94. The Bertz CT molecular complexity index is 528. The highest BCUT2D eigenvalue weighted by Gasteiger charge is 2.51. The van der Waals surface area contributed by atoms with Gasteiger partial charge in [0.05, 0.1) is 11.8 Å². The summed E-state index contributed by atoms with van der Waals surface area (Å²) in [7, 11) is 0. The van der Waals surface area contributed by atoms with Gasteiger partial charge in [0.2, 0.25) is 11.8 Å². The van der Waals surface area contributed by atoms with E-state index < -0.39 is 30.1 Å². The molecule has 2 rings (SSSR count). The topological polar surface area (TPSA) is 92.8 Å². The molecule has 1 heterocycles. The van der Waals surface area contributed by atoms with Crippen LogP contribution in [0.25, 0.3) is 0 Å². The molecule has 0 bridgehead atoms. The highest BCUT2D eigenvalue weighted by atomic mass is 16.5. The molecule has 0 aromatic heterocycles. The zero-order valence-electron chi connectivity index (χ0n) is 14.8. The first kappa shape index (κ1) is 18.4. The van der Waals surface area contributed by atoms with Crippen molar-refractivity contribution in [2.24, 2.45) is 11.8 Å². The molecule has 1 aliphatic heterocycles. The SMILES string of the molecule is C[C@@H](C(=O)OCC(=O)NC(C)(C)C)N1C(=O)[C@H]2CCCC[C@H]2C1=O. The maximum absolute atomic E-state index is 12.4. The molecule has 3 atom stereocenters. The summed E-state index contributed by atoms with van der Waals surface area (Å²) in [5.74, 6) is -2.33. The van der Waals surface area contributed by atoms with Crippen LogP contribution in [0.3, 0.4) is 0 Å². The van der Waals surface area contributed by atoms with E-state index in [1.54, 1.807) is 0 Å². The Labute approximate surface area is 142 Å². The minimum atomic E-state index is -1.00. The predicted molar refractivity (Wildman–Crippen MR) is 85.6 cm³/mol. The summed E-state index contributed by atoms with van der Waals surface area (Å²) < 4.78 is 4.98. The second kappa shape index (κ2) is 6.91. The summed E-state index contributed by atoms with van der Waals surface area (Å²) in [6.45, 7) is 6.50. The highest BCUT2D eigenvalue weighted by Crippen LogP contribution is 2.38. The molecule has 1 saturated carbocycles. The quantitative estimate of drug-likeness (QED) is 0.610. The lowest BCUT2D eigenvalue weighted by molar-refractivity contribution is -0.159. The van der Waals surface area contributed by atoms with Crippen LogP contribution in [0.15, 0.2) is 0 Å². The Morgan fingerprint density at radius 1 is 1.17 bits per heavy atom. The number of carbonyl (C=O) groups excluding carboxylic acids is 4. The lowest BCUT2D eigenvalue weighted by atomic mass is 9.81. The number of hydrogen-bond donors (Lipinski definition) is 1. The number of fused-ring (bicyclic) bond motifs is 1. The number of likely N-dealkylation sites (tertiary alicyclic amines) is 1. The smallest absolute Gasteiger partial charge is 0.329 e. The van der Waals surface area contributed by atoms with Gasteiger partial charge in [-0.05, 0) is 40.5 Å². The third-order valence-corrected chi connectivity index (χ3v) is 4.46. The van der Waals surface area contributed by atoms with Gasteiger partial charge in [-0.3, -0.25) is 19.3 Å². The number of nitrogens with one attached hydrogen (secondary N) is 1. The van der Waals surface area contributed by atoms with E-state index in [1.165, 1.54) is 6.92 Å². The second-order valence-corrected chi connectivity index (χ2v) is 7.63. The first-order valence-corrected chi connectivity index (χ1v) is 8.46. The molecule has 3 amide bonds. The van der Waals surface area contributed by atoms with Gasteiger partial charge >= 0.3 is 5.97 Å². The van der Waals surface area contributed by atoms with Gasteiger partial charge in [-0.1, -0.05) is 12.8 Å². The molecular formula is C17H26N2O5. The zero-order valence-corrected chi connectivity index (χ0v) is 14.8. The molecule has 0 unspecified atom stereocenters. The lowest BCUT2D eigenvalue weighted by Crippen LogP contribution is -2.46. The van der Waals surface area contributed by atoms with Crippen LogP contribution < -0.4 is 5.32 Å². The van der Waals surface area contributed by atoms with Crippen molar-refractivity contribution < 1.29 is 23.9 Å². The van der Waals surface area contributed by atoms with Gasteiger partial charge in [0.25, 0.3) is 5.91 Å². The van der Waals surface area contributed by atoms with Gasteiger partial charge in [0, 0.05) is 5.54 Å². The van der Waals surface area contributed by atoms with Crippen molar-refractivity contribution in [2.45, 2.75) is 65.0 Å². The number of ether oxygens (including phenoxy) is 1. The minimum absolute atomic E-state index is 0.284. The Morgan fingerprint density at radius 2 is 1.67 bits per heavy atom. The number of amides is 3. The fourth-order valence-corrected chi connectivity index (χ4v) is 3.39. The van der Waals surface area contributed by atoms with Gasteiger partial charge in [-0.2, -0.15) is 0 Å². The summed E-state index contributed by atoms with van der Waals surface area (Å²) in [6.07, 6.45) is 3.25. The average molecular weight is 338 g/mol. The fourth-order valence-electron chi connectivity index (χ4n) is 3.39. The Balaban J connectivity index is 1.94. The van der Waals surface area contributed by atoms with E-state index in [1.807, 2.05) is 20.8 Å². The van der Waals surface area contributed by atoms with Crippen molar-refractivity contribution in [3.8, 4) is 0 Å². The normalized spacial score (nSPS) is 25.2. The van der Waals surface area contributed by atoms with Gasteiger partial charge < -0.3 is 10.1 Å². The first-order valence-electron chi connectivity index (χ1n) is 8.46. The number of carbonyl (C=O) groups is 4. The van der Waals surface area contributed by atoms with E-state index in [2.05, 4.69) is 5.32 Å². The Kier molecular flexibility index (Phi) is 5.30. The summed E-state index contributed by atoms with van der Waals surface area (Å²) in [6, 6.07) is -1.00. The standard InChI is InChI=1S/C17H26N2O5/c1-10(16(23)24-9-13(20)18-17(2,3)4)19-14(21)11-7-5-6-8-12(11)15(19)22/h10-12H,5-9H2,1-4H3,(H,18,20)/t10-,11-,12+/m0/s1. The highest BCUT2D eigenvalue weighted by molar-refractivity contribution is 6.07. The van der Waals surface area contributed by atoms with Crippen LogP contribution in [0, 0.1) is 11.8 Å². The molecule has 2 aliphatic rings. The lowest BCUT2D eigenvalue weighted by Gasteiger charge is -2.23. The van der Waals surface area contributed by atoms with Gasteiger partial charge in [0.1, 0.15) is 6.04 Å². The molecule has 7 heteroatoms. The predicted octanol–water partition coefficient (Wildman–Crippen LogP) is 1.01. The van der Waals surface area contributed by atoms with Crippen LogP contribution in [0.1, 0.15) is 53.4 Å². The molecule has 1 N–H and O–H groups in total. The maximum atomic E-state index is 12.4. The molecule has 24 heavy (non-hydrogen) atoms. The van der Waals surface area contributed by atoms with Crippen LogP contribution in [0.4, 0.5) is 0 Å². The Hall–Kier alpha value is -1.92. The summed E-state index contributed by atoms with van der Waals surface area (Å²) >= 11 is 0. The third-order valence-electron chi connectivity index (χ3n) is 4.46. The molecule has 0 aromatic carbocycles. The van der Waals surface area contributed by atoms with Crippen molar-refractivity contribution in [3.63, 3.8) is 0 Å². The van der Waals surface area contributed by atoms with Crippen LogP contribution in [-0.2, 0) is 23.9 Å². The molecule has 0 spiro atoms. The molecule has 0 aromatic rings. The van der Waals surface area contributed by atoms with E-state index in [0.29, 0.717) is 12.8 Å². The molecule has 1 saturated heterocycles. The van der Waals surface area contributed by atoms with Gasteiger partial charge in [-0.15, -0.1) is 0 Å². The monoisotopic (exact) mass is 338 g/mol. The largest absolute Gasteiger partial charge is 0.454 e. The summed E-state index contributed by atoms with van der Waals surface area (Å²) in [5.41, 5.74) is -0.425. The van der Waals surface area contributed by atoms with Crippen LogP contribution in [0.5, 0.6) is 0 Å². The van der Waals surface area contributed by atoms with Crippen molar-refractivity contribution >= 4 is 23.7 Å². The van der Waals surface area contributed by atoms with Crippen LogP contribution in [-0.4, -0.2) is 46.8 Å². The first-order chi connectivity index (χ1) is 11.1. The van der Waals surface area contributed by atoms with Gasteiger partial charge in [0.15, 0.2) is 6.61 Å². The number of rotatable bonds is 4. The number of imide groups is 1. The summed E-state index contributed by atoms with van der Waals surface area (Å²) in [4.78, 5) is 49.8. The molecule has 2 fully saturated rings. The zero-order chi connectivity index (χ0) is 18.1. The van der Waals surface area contributed by atoms with Crippen molar-refractivity contribution in [1.82, 2.24) is 10.2 Å². The van der Waals surface area contributed by atoms with Crippen molar-refractivity contribution in [2.75, 3.05) is 6.61 Å². The maximum Gasteiger partial charge on any atom is 0.329 e. The van der Waals surface area contributed by atoms with Crippen LogP contribution >= 0.6 is 0 Å². The van der Waals surface area contributed by atoms with E-state index in [0.717, 1.165) is 17.7 Å². The molecular weight excluding hydrogens is 312 g/mol. The van der Waals surface area contributed by atoms with E-state index in [9.17, 15) is 19.2 Å². The van der Waals surface area contributed by atoms with E-state index >= 15 is 0 Å². The Morgan fingerprint density at radius 3 is 2.12 bits per heavy atom. The average Bonchev–Trinajstić information content (AvgIpc) is 2.74. The van der Waals surface area contributed by atoms with E-state index in [4.69, 9.17) is 4.74 Å². The van der Waals surface area contributed by atoms with Crippen molar-refractivity contribution in [1.29, 1.82) is 0 Å². The number of nitrogens with zero attached hydrogens (tertiary/aromatic N) is 1. The number of hydrogen-bond acceptors (Lipinski definition) is 5. The second-order valence-electron chi connectivity index (χ2n) is 7.63. The van der Waals surface area contributed by atoms with Gasteiger partial charge in [-0.25, -0.2) is 4.79 Å². The van der Waals surface area contributed by atoms with Crippen LogP contribution in [0.2, 0.25) is 0 Å². The van der Waals surface area contributed by atoms with Crippen molar-refractivity contribution in [3.05, 3.63) is 0 Å². The summed E-state index contributed by atoms with van der Waals surface area (Å²) in [5, 5.41) is 2.68. The van der Waals surface area contributed by atoms with E-state index in [-0.39, 0.29) is 23.7 Å². The fraction of sp³-hybridized carbons (Fsp3) is 0.765.